The van der Waals surface area contributed by atoms with Gasteiger partial charge in [0.05, 0.1) is 18.1 Å². The van der Waals surface area contributed by atoms with E-state index in [0.717, 1.165) is 13.1 Å². The molecule has 1 aromatic carbocycles. The van der Waals surface area contributed by atoms with Gasteiger partial charge in [-0.25, -0.2) is 0 Å². The van der Waals surface area contributed by atoms with E-state index in [4.69, 9.17) is 4.74 Å². The number of phenolic OH excluding ortho intramolecular Hbond substituents is 1. The van der Waals surface area contributed by atoms with Gasteiger partial charge in [-0.05, 0) is 13.1 Å². The summed E-state index contributed by atoms with van der Waals surface area (Å²) in [6.45, 7) is 6.06. The molecule has 0 bridgehead atoms. The topological polar surface area (TPSA) is 75.8 Å². The minimum Gasteiger partial charge on any atom is -0.504 e. The van der Waals surface area contributed by atoms with Gasteiger partial charge in [0, 0.05) is 18.2 Å². The van der Waals surface area contributed by atoms with Gasteiger partial charge in [-0.1, -0.05) is 13.8 Å². The lowest BCUT2D eigenvalue weighted by atomic mass is 10.1. The predicted molar refractivity (Wildman–Crippen MR) is 67.9 cm³/mol. The van der Waals surface area contributed by atoms with E-state index < -0.39 is 4.92 Å². The Balaban J connectivity index is 3.16. The Morgan fingerprint density at radius 2 is 2.00 bits per heavy atom. The predicted octanol–water partition coefficient (Wildman–Crippen LogP) is 2.15. The third kappa shape index (κ3) is 3.10. The Kier molecular flexibility index (Phi) is 4.91. The van der Waals surface area contributed by atoms with Gasteiger partial charge in [-0.3, -0.25) is 15.0 Å². The van der Waals surface area contributed by atoms with Crippen molar-refractivity contribution in [3.8, 4) is 11.5 Å². The number of rotatable bonds is 6. The summed E-state index contributed by atoms with van der Waals surface area (Å²) in [4.78, 5) is 12.4. The number of phenols is 1. The van der Waals surface area contributed by atoms with Crippen LogP contribution in [0.3, 0.4) is 0 Å². The Morgan fingerprint density at radius 3 is 2.44 bits per heavy atom. The maximum atomic E-state index is 10.8. The van der Waals surface area contributed by atoms with Crippen molar-refractivity contribution in [3.05, 3.63) is 27.8 Å². The van der Waals surface area contributed by atoms with Gasteiger partial charge in [0.2, 0.25) is 0 Å². The van der Waals surface area contributed by atoms with Crippen molar-refractivity contribution in [1.82, 2.24) is 4.90 Å². The van der Waals surface area contributed by atoms with E-state index in [1.807, 2.05) is 13.8 Å². The van der Waals surface area contributed by atoms with Crippen LogP contribution < -0.4 is 4.74 Å². The molecule has 0 aliphatic heterocycles. The van der Waals surface area contributed by atoms with Gasteiger partial charge in [0.1, 0.15) is 0 Å². The third-order valence-electron chi connectivity index (χ3n) is 2.86. The zero-order valence-electron chi connectivity index (χ0n) is 10.8. The number of ether oxygens (including phenoxy) is 1. The molecule has 0 heterocycles. The van der Waals surface area contributed by atoms with Crippen LogP contribution in [0.15, 0.2) is 12.1 Å². The van der Waals surface area contributed by atoms with Gasteiger partial charge >= 0.3 is 0 Å². The fraction of sp³-hybridized carbons (Fsp3) is 0.500. The number of nitro benzene ring substituents is 1. The first kappa shape index (κ1) is 14.2. The van der Waals surface area contributed by atoms with Crippen molar-refractivity contribution < 1.29 is 14.8 Å². The van der Waals surface area contributed by atoms with Gasteiger partial charge in [-0.2, -0.15) is 0 Å². The third-order valence-corrected chi connectivity index (χ3v) is 2.86. The molecule has 1 N–H and O–H groups in total. The molecule has 1 rings (SSSR count). The molecule has 0 unspecified atom stereocenters. The number of methoxy groups -OCH3 is 1. The monoisotopic (exact) mass is 254 g/mol. The van der Waals surface area contributed by atoms with Gasteiger partial charge < -0.3 is 9.84 Å². The summed E-state index contributed by atoms with van der Waals surface area (Å²) in [6.07, 6.45) is 0. The Labute approximate surface area is 106 Å². The standard InChI is InChI=1S/C12H18N2O4/c1-4-13(5-2)8-9-6-10(14(16)17)7-11(18-3)12(9)15/h6-7,15H,4-5,8H2,1-3H3. The lowest BCUT2D eigenvalue weighted by Crippen LogP contribution is -2.22. The number of benzene rings is 1. The first-order valence-electron chi connectivity index (χ1n) is 5.80. The van der Waals surface area contributed by atoms with Gasteiger partial charge in [0.25, 0.3) is 5.69 Å². The van der Waals surface area contributed by atoms with Crippen molar-refractivity contribution in [1.29, 1.82) is 0 Å². The molecule has 6 nitrogen and oxygen atoms in total. The number of aromatic hydroxyl groups is 1. The first-order chi connectivity index (χ1) is 8.53. The molecular formula is C12H18N2O4. The molecule has 0 spiro atoms. The van der Waals surface area contributed by atoms with E-state index >= 15 is 0 Å². The summed E-state index contributed by atoms with van der Waals surface area (Å²) >= 11 is 0. The summed E-state index contributed by atoms with van der Waals surface area (Å²) in [5.74, 6) is 0.0985. The molecule has 0 amide bonds. The fourth-order valence-corrected chi connectivity index (χ4v) is 1.72. The molecule has 18 heavy (non-hydrogen) atoms. The minimum atomic E-state index is -0.492. The van der Waals surface area contributed by atoms with Crippen LogP contribution in [0, 0.1) is 10.1 Å². The zero-order valence-corrected chi connectivity index (χ0v) is 10.8. The number of nitrogens with zero attached hydrogens (tertiary/aromatic N) is 2. The molecule has 100 valence electrons. The maximum Gasteiger partial charge on any atom is 0.273 e. The highest BCUT2D eigenvalue weighted by molar-refractivity contribution is 5.53. The van der Waals surface area contributed by atoms with E-state index in [0.29, 0.717) is 12.1 Å². The maximum absolute atomic E-state index is 10.8. The Morgan fingerprint density at radius 1 is 1.39 bits per heavy atom. The van der Waals surface area contributed by atoms with E-state index in [1.54, 1.807) is 0 Å². The number of non-ortho nitro benzene ring substituents is 1. The molecule has 0 saturated heterocycles. The summed E-state index contributed by atoms with van der Waals surface area (Å²) in [5, 5.41) is 20.8. The van der Waals surface area contributed by atoms with Crippen LogP contribution in [0.4, 0.5) is 5.69 Å². The molecule has 0 atom stereocenters. The molecule has 0 fully saturated rings. The summed E-state index contributed by atoms with van der Waals surface area (Å²) in [6, 6.07) is 2.61. The van der Waals surface area contributed by atoms with E-state index in [2.05, 4.69) is 4.90 Å². The zero-order chi connectivity index (χ0) is 13.7. The molecule has 6 heteroatoms. The van der Waals surface area contributed by atoms with Crippen LogP contribution in [0.5, 0.6) is 11.5 Å². The van der Waals surface area contributed by atoms with Crippen molar-refractivity contribution in [3.63, 3.8) is 0 Å². The SMILES string of the molecule is CCN(CC)Cc1cc([N+](=O)[O-])cc(OC)c1O. The van der Waals surface area contributed by atoms with Crippen molar-refractivity contribution in [2.45, 2.75) is 20.4 Å². The summed E-state index contributed by atoms with van der Waals surface area (Å²) < 4.78 is 4.95. The smallest absolute Gasteiger partial charge is 0.273 e. The lowest BCUT2D eigenvalue weighted by Gasteiger charge is -2.19. The van der Waals surface area contributed by atoms with Gasteiger partial charge in [-0.15, -0.1) is 0 Å². The second-order valence-corrected chi connectivity index (χ2v) is 3.87. The molecule has 0 aliphatic rings. The van der Waals surface area contributed by atoms with Crippen molar-refractivity contribution >= 4 is 5.69 Å². The Hall–Kier alpha value is -1.82. The van der Waals surface area contributed by atoms with Crippen molar-refractivity contribution in [2.24, 2.45) is 0 Å². The van der Waals surface area contributed by atoms with Crippen LogP contribution in [0.25, 0.3) is 0 Å². The summed E-state index contributed by atoms with van der Waals surface area (Å²) in [7, 11) is 1.37. The fourth-order valence-electron chi connectivity index (χ4n) is 1.72. The van der Waals surface area contributed by atoms with Crippen LogP contribution in [-0.4, -0.2) is 35.1 Å². The number of hydrogen-bond acceptors (Lipinski definition) is 5. The molecule has 0 aromatic heterocycles. The normalized spacial score (nSPS) is 10.7. The van der Waals surface area contributed by atoms with Gasteiger partial charge in [0.15, 0.2) is 11.5 Å². The number of hydrogen-bond donors (Lipinski definition) is 1. The lowest BCUT2D eigenvalue weighted by molar-refractivity contribution is -0.385. The van der Waals surface area contributed by atoms with E-state index in [-0.39, 0.29) is 17.2 Å². The molecule has 1 aromatic rings. The first-order valence-corrected chi connectivity index (χ1v) is 5.80. The van der Waals surface area contributed by atoms with Crippen LogP contribution in [0.1, 0.15) is 19.4 Å². The average Bonchev–Trinajstić information content (AvgIpc) is 2.37. The van der Waals surface area contributed by atoms with E-state index in [9.17, 15) is 15.2 Å². The highest BCUT2D eigenvalue weighted by Gasteiger charge is 2.17. The Bertz CT molecular complexity index is 430. The quantitative estimate of drug-likeness (QED) is 0.621. The second kappa shape index (κ2) is 6.20. The van der Waals surface area contributed by atoms with Crippen LogP contribution in [-0.2, 0) is 6.54 Å². The van der Waals surface area contributed by atoms with E-state index in [1.165, 1.54) is 19.2 Å². The molecule has 0 aliphatic carbocycles. The molecule has 0 saturated carbocycles. The minimum absolute atomic E-state index is 0.0324. The molecule has 0 radical (unpaired) electrons. The highest BCUT2D eigenvalue weighted by Crippen LogP contribution is 2.35. The largest absolute Gasteiger partial charge is 0.504 e. The van der Waals surface area contributed by atoms with Crippen LogP contribution >= 0.6 is 0 Å². The van der Waals surface area contributed by atoms with Crippen molar-refractivity contribution in [2.75, 3.05) is 20.2 Å². The number of nitro groups is 1. The highest BCUT2D eigenvalue weighted by atomic mass is 16.6. The molecular weight excluding hydrogens is 236 g/mol. The average molecular weight is 254 g/mol. The second-order valence-electron chi connectivity index (χ2n) is 3.87. The van der Waals surface area contributed by atoms with Crippen LogP contribution in [0.2, 0.25) is 0 Å². The summed E-state index contributed by atoms with van der Waals surface area (Å²) in [5.41, 5.74) is 0.427.